The molecule has 1 aliphatic heterocycles. The maximum absolute atomic E-state index is 12.9. The van der Waals surface area contributed by atoms with Crippen LogP contribution in [0.1, 0.15) is 26.8 Å². The van der Waals surface area contributed by atoms with Gasteiger partial charge in [-0.3, -0.25) is 15.0 Å². The number of carbonyl (C=O) groups is 1. The van der Waals surface area contributed by atoms with Gasteiger partial charge in [-0.15, -0.1) is 22.7 Å². The zero-order valence-electron chi connectivity index (χ0n) is 17.1. The number of hydrogen-bond acceptors (Lipinski definition) is 10. The number of rotatable bonds is 7. The number of amides is 1. The normalized spacial score (nSPS) is 14.9. The molecule has 0 aliphatic carbocycles. The van der Waals surface area contributed by atoms with E-state index in [0.29, 0.717) is 26.5 Å². The fourth-order valence-corrected chi connectivity index (χ4v) is 5.06. The van der Waals surface area contributed by atoms with Crippen LogP contribution in [0.25, 0.3) is 10.2 Å². The predicted molar refractivity (Wildman–Crippen MR) is 116 cm³/mol. The van der Waals surface area contributed by atoms with Crippen LogP contribution < -0.4 is 10.1 Å². The predicted octanol–water partition coefficient (Wildman–Crippen LogP) is 2.70. The summed E-state index contributed by atoms with van der Waals surface area (Å²) in [5.74, 6) is 0.753. The summed E-state index contributed by atoms with van der Waals surface area (Å²) in [6.45, 7) is 6.20. The van der Waals surface area contributed by atoms with Gasteiger partial charge in [0.1, 0.15) is 11.4 Å². The molecular formula is C19H23N5O4S2. The fourth-order valence-electron chi connectivity index (χ4n) is 3.28. The van der Waals surface area contributed by atoms with Crippen molar-refractivity contribution >= 4 is 43.9 Å². The van der Waals surface area contributed by atoms with Gasteiger partial charge in [0.25, 0.3) is 5.91 Å². The Balaban J connectivity index is 1.52. The first-order chi connectivity index (χ1) is 14.6. The van der Waals surface area contributed by atoms with Crippen molar-refractivity contribution < 1.29 is 19.0 Å². The highest BCUT2D eigenvalue weighted by atomic mass is 32.1. The van der Waals surface area contributed by atoms with Gasteiger partial charge in [0.05, 0.1) is 36.3 Å². The quantitative estimate of drug-likeness (QED) is 0.588. The van der Waals surface area contributed by atoms with E-state index in [9.17, 15) is 4.79 Å². The number of carbonyl (C=O) groups excluding carboxylic acids is 1. The number of morpholine rings is 1. The highest BCUT2D eigenvalue weighted by Crippen LogP contribution is 2.35. The maximum Gasteiger partial charge on any atom is 0.267 e. The van der Waals surface area contributed by atoms with Crippen molar-refractivity contribution in [2.24, 2.45) is 0 Å². The van der Waals surface area contributed by atoms with Crippen LogP contribution in [-0.2, 0) is 22.6 Å². The second-order valence-corrected chi connectivity index (χ2v) is 8.66. The Bertz CT molecular complexity index is 1050. The molecule has 4 heterocycles. The molecule has 0 aromatic carbocycles. The molecule has 11 heteroatoms. The van der Waals surface area contributed by atoms with E-state index in [2.05, 4.69) is 25.2 Å². The number of nitrogens with one attached hydrogen (secondary N) is 1. The van der Waals surface area contributed by atoms with Crippen molar-refractivity contribution in [2.75, 3.05) is 45.8 Å². The molecule has 160 valence electrons. The number of aryl methyl sites for hydroxylation is 1. The minimum atomic E-state index is -0.210. The zero-order valence-corrected chi connectivity index (χ0v) is 18.7. The van der Waals surface area contributed by atoms with E-state index in [1.54, 1.807) is 14.2 Å². The average Bonchev–Trinajstić information content (AvgIpc) is 3.32. The molecule has 3 aromatic rings. The van der Waals surface area contributed by atoms with E-state index in [1.165, 1.54) is 22.7 Å². The summed E-state index contributed by atoms with van der Waals surface area (Å²) in [6, 6.07) is 0. The number of fused-ring (bicyclic) bond motifs is 1. The van der Waals surface area contributed by atoms with Crippen LogP contribution in [0.4, 0.5) is 5.13 Å². The molecule has 0 unspecified atom stereocenters. The number of nitrogens with zero attached hydrogens (tertiary/aromatic N) is 4. The van der Waals surface area contributed by atoms with Crippen molar-refractivity contribution in [3.63, 3.8) is 0 Å². The van der Waals surface area contributed by atoms with Crippen LogP contribution in [0.2, 0.25) is 0 Å². The van der Waals surface area contributed by atoms with Crippen molar-refractivity contribution in [3.8, 4) is 5.88 Å². The van der Waals surface area contributed by atoms with Gasteiger partial charge in [-0.25, -0.2) is 9.97 Å². The van der Waals surface area contributed by atoms with Crippen LogP contribution in [0.5, 0.6) is 5.88 Å². The van der Waals surface area contributed by atoms with E-state index >= 15 is 0 Å². The molecule has 1 saturated heterocycles. The number of ether oxygens (including phenoxy) is 3. The van der Waals surface area contributed by atoms with Gasteiger partial charge < -0.3 is 14.2 Å². The Morgan fingerprint density at radius 2 is 2.07 bits per heavy atom. The van der Waals surface area contributed by atoms with Crippen LogP contribution >= 0.6 is 22.7 Å². The van der Waals surface area contributed by atoms with Gasteiger partial charge in [0.2, 0.25) is 5.88 Å². The summed E-state index contributed by atoms with van der Waals surface area (Å²) in [5.41, 5.74) is 1.74. The number of anilines is 1. The van der Waals surface area contributed by atoms with E-state index < -0.39 is 0 Å². The summed E-state index contributed by atoms with van der Waals surface area (Å²) in [5, 5.41) is 6.23. The molecular weight excluding hydrogens is 426 g/mol. The van der Waals surface area contributed by atoms with Gasteiger partial charge >= 0.3 is 0 Å². The monoisotopic (exact) mass is 449 g/mol. The third kappa shape index (κ3) is 4.44. The van der Waals surface area contributed by atoms with Crippen molar-refractivity contribution in [3.05, 3.63) is 27.3 Å². The third-order valence-corrected chi connectivity index (χ3v) is 6.73. The van der Waals surface area contributed by atoms with E-state index in [-0.39, 0.29) is 12.5 Å². The maximum atomic E-state index is 12.9. The lowest BCUT2D eigenvalue weighted by molar-refractivity contribution is 0.0337. The van der Waals surface area contributed by atoms with Crippen LogP contribution in [-0.4, -0.2) is 66.3 Å². The second-order valence-electron chi connectivity index (χ2n) is 6.81. The first kappa shape index (κ1) is 21.1. The summed E-state index contributed by atoms with van der Waals surface area (Å²) in [4.78, 5) is 29.9. The number of methoxy groups -OCH3 is 2. The number of thiazole rings is 1. The molecule has 3 aromatic heterocycles. The highest BCUT2D eigenvalue weighted by Gasteiger charge is 2.22. The van der Waals surface area contributed by atoms with Gasteiger partial charge in [-0.05, 0) is 12.5 Å². The molecule has 0 saturated carbocycles. The number of thiophene rings is 1. The molecule has 9 nitrogen and oxygen atoms in total. The first-order valence-corrected chi connectivity index (χ1v) is 11.2. The Hall–Kier alpha value is -2.18. The molecule has 1 N–H and O–H groups in total. The van der Waals surface area contributed by atoms with Gasteiger partial charge in [-0.2, -0.15) is 4.98 Å². The van der Waals surface area contributed by atoms with Crippen LogP contribution in [0.15, 0.2) is 5.38 Å². The number of hydrogen-bond donors (Lipinski definition) is 1. The van der Waals surface area contributed by atoms with E-state index in [0.717, 1.165) is 49.5 Å². The standard InChI is InChI=1S/C19H23N5O4S2/c1-11-14-17(27-3)21-13(9-26-2)22-18(14)30-15(11)16(25)23-19-20-12(10-29-19)8-24-4-6-28-7-5-24/h10H,4-9H2,1-3H3,(H,20,23,25). The fraction of sp³-hybridized carbons (Fsp3) is 0.474. The smallest absolute Gasteiger partial charge is 0.267 e. The Morgan fingerprint density at radius 1 is 1.27 bits per heavy atom. The topological polar surface area (TPSA) is 98.7 Å². The summed E-state index contributed by atoms with van der Waals surface area (Å²) in [6.07, 6.45) is 0. The molecule has 1 amide bonds. The van der Waals surface area contributed by atoms with Crippen molar-refractivity contribution in [1.82, 2.24) is 19.9 Å². The van der Waals surface area contributed by atoms with Gasteiger partial charge in [0, 0.05) is 32.1 Å². The molecule has 1 aliphatic rings. The van der Waals surface area contributed by atoms with Gasteiger partial charge in [0.15, 0.2) is 11.0 Å². The molecule has 0 spiro atoms. The number of aromatic nitrogens is 3. The molecule has 1 fully saturated rings. The van der Waals surface area contributed by atoms with Gasteiger partial charge in [-0.1, -0.05) is 0 Å². The molecule has 0 radical (unpaired) electrons. The average molecular weight is 450 g/mol. The molecule has 0 atom stereocenters. The summed E-state index contributed by atoms with van der Waals surface area (Å²) in [7, 11) is 3.14. The molecule has 30 heavy (non-hydrogen) atoms. The Morgan fingerprint density at radius 3 is 2.80 bits per heavy atom. The summed E-state index contributed by atoms with van der Waals surface area (Å²) < 4.78 is 15.9. The van der Waals surface area contributed by atoms with E-state index in [4.69, 9.17) is 14.2 Å². The van der Waals surface area contributed by atoms with Crippen LogP contribution in [0, 0.1) is 6.92 Å². The minimum absolute atomic E-state index is 0.210. The van der Waals surface area contributed by atoms with Crippen molar-refractivity contribution in [2.45, 2.75) is 20.1 Å². The first-order valence-electron chi connectivity index (χ1n) is 9.47. The lowest BCUT2D eigenvalue weighted by atomic mass is 10.2. The molecule has 0 bridgehead atoms. The Kier molecular flexibility index (Phi) is 6.54. The molecule has 4 rings (SSSR count). The van der Waals surface area contributed by atoms with E-state index in [1.807, 2.05) is 12.3 Å². The minimum Gasteiger partial charge on any atom is -0.480 e. The second kappa shape index (κ2) is 9.31. The third-order valence-electron chi connectivity index (χ3n) is 4.74. The summed E-state index contributed by atoms with van der Waals surface area (Å²) >= 11 is 2.74. The van der Waals surface area contributed by atoms with Crippen molar-refractivity contribution in [1.29, 1.82) is 0 Å². The largest absolute Gasteiger partial charge is 0.480 e. The Labute approximate surface area is 182 Å². The van der Waals surface area contributed by atoms with Crippen LogP contribution in [0.3, 0.4) is 0 Å². The lowest BCUT2D eigenvalue weighted by Gasteiger charge is -2.25. The zero-order chi connectivity index (χ0) is 21.1. The SMILES string of the molecule is COCc1nc(OC)c2c(C)c(C(=O)Nc3nc(CN4CCOCC4)cs3)sc2n1. The lowest BCUT2D eigenvalue weighted by Crippen LogP contribution is -2.35. The highest BCUT2D eigenvalue weighted by molar-refractivity contribution is 7.21.